The minimum absolute atomic E-state index is 0.176. The largest absolute Gasteiger partial charge is 0.480 e. The first kappa shape index (κ1) is 13.0. The summed E-state index contributed by atoms with van der Waals surface area (Å²) in [4.78, 5) is 24.9. The standard InChI is InChI=1S/C15H17NO4/c17-13(18)12-15(6-7-15)8-9-16(12)14(19)20-10-11-4-2-1-3-5-11/h1-5,12H,6-10H2,(H,17,18). The molecule has 0 bridgehead atoms. The molecule has 1 N–H and O–H groups in total. The molecule has 1 aromatic carbocycles. The lowest BCUT2D eigenvalue weighted by Gasteiger charge is -2.23. The highest BCUT2D eigenvalue weighted by Gasteiger charge is 2.60. The number of carbonyl (C=O) groups is 2. The summed E-state index contributed by atoms with van der Waals surface area (Å²) in [6, 6.07) is 8.66. The molecule has 1 aliphatic heterocycles. The highest BCUT2D eigenvalue weighted by atomic mass is 16.6. The Morgan fingerprint density at radius 2 is 1.95 bits per heavy atom. The van der Waals surface area contributed by atoms with Crippen molar-refractivity contribution in [2.75, 3.05) is 6.54 Å². The van der Waals surface area contributed by atoms with E-state index in [9.17, 15) is 14.7 Å². The Kier molecular flexibility index (Phi) is 3.12. The highest BCUT2D eigenvalue weighted by molar-refractivity contribution is 5.82. The summed E-state index contributed by atoms with van der Waals surface area (Å²) in [7, 11) is 0. The smallest absolute Gasteiger partial charge is 0.410 e. The van der Waals surface area contributed by atoms with Crippen LogP contribution in [0.3, 0.4) is 0 Å². The summed E-state index contributed by atoms with van der Waals surface area (Å²) in [5, 5.41) is 9.34. The van der Waals surface area contributed by atoms with E-state index in [2.05, 4.69) is 0 Å². The number of hydrogen-bond donors (Lipinski definition) is 1. The minimum atomic E-state index is -0.920. The summed E-state index contributed by atoms with van der Waals surface area (Å²) >= 11 is 0. The molecule has 3 rings (SSSR count). The predicted molar refractivity (Wildman–Crippen MR) is 71.0 cm³/mol. The zero-order chi connectivity index (χ0) is 14.2. The van der Waals surface area contributed by atoms with Gasteiger partial charge in [-0.25, -0.2) is 9.59 Å². The van der Waals surface area contributed by atoms with Crippen LogP contribution in [0, 0.1) is 5.41 Å². The number of rotatable bonds is 3. The zero-order valence-electron chi connectivity index (χ0n) is 11.1. The number of likely N-dealkylation sites (tertiary alicyclic amines) is 1. The van der Waals surface area contributed by atoms with Gasteiger partial charge in [-0.15, -0.1) is 0 Å². The fraction of sp³-hybridized carbons (Fsp3) is 0.467. The quantitative estimate of drug-likeness (QED) is 0.918. The molecular formula is C15H17NO4. The van der Waals surface area contributed by atoms with Gasteiger partial charge in [-0.3, -0.25) is 4.90 Å². The molecule has 1 saturated carbocycles. The van der Waals surface area contributed by atoms with E-state index in [0.717, 1.165) is 24.8 Å². The number of amides is 1. The molecular weight excluding hydrogens is 258 g/mol. The molecule has 1 aliphatic carbocycles. The van der Waals surface area contributed by atoms with Crippen molar-refractivity contribution in [3.8, 4) is 0 Å². The second kappa shape index (κ2) is 4.81. The molecule has 0 radical (unpaired) electrons. The maximum atomic E-state index is 12.1. The Hall–Kier alpha value is -2.04. The van der Waals surface area contributed by atoms with Crippen molar-refractivity contribution in [2.24, 2.45) is 5.41 Å². The lowest BCUT2D eigenvalue weighted by molar-refractivity contribution is -0.143. The highest BCUT2D eigenvalue weighted by Crippen LogP contribution is 2.57. The first-order valence-corrected chi connectivity index (χ1v) is 6.82. The van der Waals surface area contributed by atoms with Gasteiger partial charge in [0.25, 0.3) is 0 Å². The van der Waals surface area contributed by atoms with Crippen LogP contribution in [0.5, 0.6) is 0 Å². The number of hydrogen-bond acceptors (Lipinski definition) is 3. The van der Waals surface area contributed by atoms with Gasteiger partial charge in [0, 0.05) is 12.0 Å². The molecule has 1 amide bonds. The molecule has 1 aromatic rings. The van der Waals surface area contributed by atoms with Gasteiger partial charge in [0.05, 0.1) is 0 Å². The second-order valence-corrected chi connectivity index (χ2v) is 5.59. The van der Waals surface area contributed by atoms with E-state index in [1.54, 1.807) is 0 Å². The van der Waals surface area contributed by atoms with Crippen molar-refractivity contribution in [3.63, 3.8) is 0 Å². The third kappa shape index (κ3) is 2.24. The van der Waals surface area contributed by atoms with Crippen molar-refractivity contribution in [3.05, 3.63) is 35.9 Å². The molecule has 20 heavy (non-hydrogen) atoms. The SMILES string of the molecule is O=C(O)C1N(C(=O)OCc2ccccc2)CCC12CC2. The monoisotopic (exact) mass is 275 g/mol. The van der Waals surface area contributed by atoms with Crippen LogP contribution in [-0.4, -0.2) is 34.7 Å². The average Bonchev–Trinajstić information content (AvgIpc) is 3.10. The second-order valence-electron chi connectivity index (χ2n) is 5.59. The maximum absolute atomic E-state index is 12.1. The summed E-state index contributed by atoms with van der Waals surface area (Å²) in [6.45, 7) is 0.653. The molecule has 1 atom stereocenters. The number of carboxylic acid groups (broad SMARTS) is 1. The Bertz CT molecular complexity index is 524. The van der Waals surface area contributed by atoms with Crippen molar-refractivity contribution < 1.29 is 19.4 Å². The molecule has 1 unspecified atom stereocenters. The molecule has 1 saturated heterocycles. The number of ether oxygens (including phenoxy) is 1. The summed E-state index contributed by atoms with van der Waals surface area (Å²) < 4.78 is 5.24. The van der Waals surface area contributed by atoms with Gasteiger partial charge in [-0.1, -0.05) is 30.3 Å². The number of benzene rings is 1. The normalized spacial score (nSPS) is 22.8. The zero-order valence-corrected chi connectivity index (χ0v) is 11.1. The van der Waals surface area contributed by atoms with Gasteiger partial charge in [0.1, 0.15) is 12.6 Å². The van der Waals surface area contributed by atoms with Gasteiger partial charge in [0.15, 0.2) is 0 Å². The van der Waals surface area contributed by atoms with Crippen molar-refractivity contribution in [1.29, 1.82) is 0 Å². The van der Waals surface area contributed by atoms with Crippen LogP contribution in [0.1, 0.15) is 24.8 Å². The molecule has 106 valence electrons. The van der Waals surface area contributed by atoms with Gasteiger partial charge in [-0.05, 0) is 24.8 Å². The molecule has 1 spiro atoms. The summed E-state index contributed by atoms with van der Waals surface area (Å²) in [6.07, 6.45) is 2.04. The van der Waals surface area contributed by atoms with Gasteiger partial charge in [-0.2, -0.15) is 0 Å². The van der Waals surface area contributed by atoms with Crippen molar-refractivity contribution >= 4 is 12.1 Å². The van der Waals surface area contributed by atoms with E-state index >= 15 is 0 Å². The topological polar surface area (TPSA) is 66.8 Å². The Morgan fingerprint density at radius 3 is 2.55 bits per heavy atom. The fourth-order valence-corrected chi connectivity index (χ4v) is 3.02. The van der Waals surface area contributed by atoms with Gasteiger partial charge < -0.3 is 9.84 Å². The van der Waals surface area contributed by atoms with Crippen LogP contribution in [0.2, 0.25) is 0 Å². The van der Waals surface area contributed by atoms with Crippen LogP contribution in [-0.2, 0) is 16.1 Å². The van der Waals surface area contributed by atoms with E-state index in [4.69, 9.17) is 4.74 Å². The van der Waals surface area contributed by atoms with Crippen LogP contribution in [0.25, 0.3) is 0 Å². The number of aliphatic carboxylic acids is 1. The number of nitrogens with zero attached hydrogens (tertiary/aromatic N) is 1. The molecule has 1 heterocycles. The molecule has 2 fully saturated rings. The average molecular weight is 275 g/mol. The van der Waals surface area contributed by atoms with E-state index in [0.29, 0.717) is 6.54 Å². The fourth-order valence-electron chi connectivity index (χ4n) is 3.02. The summed E-state index contributed by atoms with van der Waals surface area (Å²) in [5.41, 5.74) is 0.713. The van der Waals surface area contributed by atoms with Crippen molar-refractivity contribution in [2.45, 2.75) is 31.9 Å². The Balaban J connectivity index is 1.64. The minimum Gasteiger partial charge on any atom is -0.480 e. The van der Waals surface area contributed by atoms with Gasteiger partial charge in [0.2, 0.25) is 0 Å². The van der Waals surface area contributed by atoms with Crippen LogP contribution >= 0.6 is 0 Å². The lowest BCUT2D eigenvalue weighted by Crippen LogP contribution is -2.44. The van der Waals surface area contributed by atoms with Crippen molar-refractivity contribution in [1.82, 2.24) is 4.90 Å². The van der Waals surface area contributed by atoms with Crippen LogP contribution in [0.4, 0.5) is 4.79 Å². The maximum Gasteiger partial charge on any atom is 0.410 e. The summed E-state index contributed by atoms with van der Waals surface area (Å²) in [5.74, 6) is -0.920. The van der Waals surface area contributed by atoms with E-state index < -0.39 is 18.1 Å². The van der Waals surface area contributed by atoms with E-state index in [1.807, 2.05) is 30.3 Å². The van der Waals surface area contributed by atoms with E-state index in [1.165, 1.54) is 4.90 Å². The Labute approximate surface area is 117 Å². The molecule has 5 nitrogen and oxygen atoms in total. The lowest BCUT2D eigenvalue weighted by atomic mass is 9.97. The first-order valence-electron chi connectivity index (χ1n) is 6.82. The predicted octanol–water partition coefficient (Wildman–Crippen LogP) is 2.26. The van der Waals surface area contributed by atoms with Crippen LogP contribution in [0.15, 0.2) is 30.3 Å². The van der Waals surface area contributed by atoms with E-state index in [-0.39, 0.29) is 12.0 Å². The molecule has 2 aliphatic rings. The number of carboxylic acids is 1. The first-order chi connectivity index (χ1) is 9.62. The molecule has 0 aromatic heterocycles. The molecule has 5 heteroatoms. The third-order valence-corrected chi connectivity index (χ3v) is 4.31. The van der Waals surface area contributed by atoms with Crippen LogP contribution < -0.4 is 0 Å². The van der Waals surface area contributed by atoms with Gasteiger partial charge >= 0.3 is 12.1 Å². The third-order valence-electron chi connectivity index (χ3n) is 4.31. The number of carbonyl (C=O) groups excluding carboxylic acids is 1. The Morgan fingerprint density at radius 1 is 1.25 bits per heavy atom.